The van der Waals surface area contributed by atoms with Crippen LogP contribution >= 0.6 is 11.3 Å². The summed E-state index contributed by atoms with van der Waals surface area (Å²) in [6, 6.07) is 0. The molecule has 0 bridgehead atoms. The Bertz CT molecular complexity index is 618. The van der Waals surface area contributed by atoms with Crippen molar-refractivity contribution in [1.82, 2.24) is 19.9 Å². The van der Waals surface area contributed by atoms with Gasteiger partial charge in [-0.05, 0) is 7.05 Å². The van der Waals surface area contributed by atoms with Crippen LogP contribution in [0.5, 0.6) is 0 Å². The van der Waals surface area contributed by atoms with Gasteiger partial charge in [0.2, 0.25) is 0 Å². The maximum atomic E-state index is 12.1. The number of nitrogens with zero attached hydrogens (tertiary/aromatic N) is 4. The summed E-state index contributed by atoms with van der Waals surface area (Å²) in [5.74, 6) is -0.165. The molecule has 2 aromatic rings. The lowest BCUT2D eigenvalue weighted by atomic mass is 10.2. The Morgan fingerprint density at radius 2 is 2.33 bits per heavy atom. The molecule has 1 fully saturated rings. The number of ether oxygens (including phenoxy) is 1. The largest absolute Gasteiger partial charge is 0.366 e. The Morgan fingerprint density at radius 1 is 1.43 bits per heavy atom. The maximum Gasteiger partial charge on any atom is 0.256 e. The van der Waals surface area contributed by atoms with Gasteiger partial charge in [0, 0.05) is 31.7 Å². The van der Waals surface area contributed by atoms with Crippen LogP contribution in [0.2, 0.25) is 0 Å². The van der Waals surface area contributed by atoms with E-state index in [9.17, 15) is 4.79 Å². The first kappa shape index (κ1) is 14.1. The van der Waals surface area contributed by atoms with Gasteiger partial charge in [-0.15, -0.1) is 0 Å². The number of rotatable bonds is 3. The molecule has 7 nitrogen and oxygen atoms in total. The van der Waals surface area contributed by atoms with Gasteiger partial charge in [-0.2, -0.15) is 0 Å². The van der Waals surface area contributed by atoms with Crippen molar-refractivity contribution in [2.75, 3.05) is 32.1 Å². The van der Waals surface area contributed by atoms with Gasteiger partial charge in [0.25, 0.3) is 5.91 Å². The van der Waals surface area contributed by atoms with Gasteiger partial charge in [-0.25, -0.2) is 4.98 Å². The quantitative estimate of drug-likeness (QED) is 0.906. The molecule has 110 valence electrons. The van der Waals surface area contributed by atoms with Gasteiger partial charge in [0.05, 0.1) is 17.7 Å². The molecule has 1 amide bonds. The van der Waals surface area contributed by atoms with E-state index in [-0.39, 0.29) is 5.91 Å². The van der Waals surface area contributed by atoms with Crippen molar-refractivity contribution in [1.29, 1.82) is 0 Å². The van der Waals surface area contributed by atoms with Crippen LogP contribution in [0.25, 0.3) is 10.6 Å². The standard InChI is InChI=1S/C13H15N5O2S/c1-18-4-5-20-10(8-18)12(19)17-13-16-7-11(21-13)9-6-14-2-3-15-9/h2-3,6-7,10H,4-5,8H2,1H3,(H,16,17,19). The summed E-state index contributed by atoms with van der Waals surface area (Å²) in [4.78, 5) is 27.5. The van der Waals surface area contributed by atoms with Gasteiger partial charge in [0.1, 0.15) is 11.8 Å². The average molecular weight is 305 g/mol. The Balaban J connectivity index is 1.66. The van der Waals surface area contributed by atoms with Crippen LogP contribution in [0, 0.1) is 0 Å². The number of amides is 1. The first-order chi connectivity index (χ1) is 10.2. The minimum absolute atomic E-state index is 0.165. The summed E-state index contributed by atoms with van der Waals surface area (Å²) < 4.78 is 5.47. The monoisotopic (exact) mass is 305 g/mol. The van der Waals surface area contributed by atoms with E-state index in [0.29, 0.717) is 18.3 Å². The molecule has 1 atom stereocenters. The summed E-state index contributed by atoms with van der Waals surface area (Å²) in [6.07, 6.45) is 6.13. The number of carbonyl (C=O) groups is 1. The second-order valence-electron chi connectivity index (χ2n) is 4.73. The maximum absolute atomic E-state index is 12.1. The summed E-state index contributed by atoms with van der Waals surface area (Å²) in [5.41, 5.74) is 0.740. The van der Waals surface area contributed by atoms with Gasteiger partial charge in [-0.1, -0.05) is 11.3 Å². The highest BCUT2D eigenvalue weighted by Crippen LogP contribution is 2.26. The number of likely N-dealkylation sites (N-methyl/N-ethyl adjacent to an activating group) is 1. The van der Waals surface area contributed by atoms with E-state index in [1.54, 1.807) is 24.8 Å². The van der Waals surface area contributed by atoms with E-state index >= 15 is 0 Å². The molecule has 1 aliphatic rings. The highest BCUT2D eigenvalue weighted by Gasteiger charge is 2.25. The van der Waals surface area contributed by atoms with Crippen LogP contribution in [0.3, 0.4) is 0 Å². The molecule has 21 heavy (non-hydrogen) atoms. The molecule has 3 heterocycles. The normalized spacial score (nSPS) is 19.4. The first-order valence-corrected chi connectivity index (χ1v) is 7.37. The molecule has 1 N–H and O–H groups in total. The van der Waals surface area contributed by atoms with Crippen molar-refractivity contribution >= 4 is 22.4 Å². The third-order valence-corrected chi connectivity index (χ3v) is 4.05. The van der Waals surface area contributed by atoms with E-state index < -0.39 is 6.10 Å². The number of hydrogen-bond donors (Lipinski definition) is 1. The number of morpholine rings is 1. The lowest BCUT2D eigenvalue weighted by molar-refractivity contribution is -0.132. The third kappa shape index (κ3) is 3.41. The minimum Gasteiger partial charge on any atom is -0.366 e. The average Bonchev–Trinajstić information content (AvgIpc) is 2.97. The van der Waals surface area contributed by atoms with Crippen molar-refractivity contribution in [3.63, 3.8) is 0 Å². The number of nitrogens with one attached hydrogen (secondary N) is 1. The third-order valence-electron chi connectivity index (χ3n) is 3.11. The van der Waals surface area contributed by atoms with Crippen molar-refractivity contribution in [3.05, 3.63) is 24.8 Å². The Morgan fingerprint density at radius 3 is 3.10 bits per heavy atom. The molecular formula is C13H15N5O2S. The fraction of sp³-hybridized carbons (Fsp3) is 0.385. The Kier molecular flexibility index (Phi) is 4.18. The molecule has 2 aromatic heterocycles. The SMILES string of the molecule is CN1CCOC(C(=O)Nc2ncc(-c3cnccn3)s2)C1. The van der Waals surface area contributed by atoms with E-state index in [2.05, 4.69) is 25.2 Å². The topological polar surface area (TPSA) is 80.2 Å². The second kappa shape index (κ2) is 6.25. The van der Waals surface area contributed by atoms with E-state index in [4.69, 9.17) is 4.74 Å². The number of hydrogen-bond acceptors (Lipinski definition) is 7. The summed E-state index contributed by atoms with van der Waals surface area (Å²) in [5, 5.41) is 3.33. The van der Waals surface area contributed by atoms with E-state index in [1.807, 2.05) is 7.05 Å². The van der Waals surface area contributed by atoms with Crippen molar-refractivity contribution in [2.24, 2.45) is 0 Å². The molecule has 1 saturated heterocycles. The molecule has 0 aromatic carbocycles. The fourth-order valence-electron chi connectivity index (χ4n) is 2.00. The molecule has 0 saturated carbocycles. The first-order valence-electron chi connectivity index (χ1n) is 6.55. The fourth-order valence-corrected chi connectivity index (χ4v) is 2.78. The smallest absolute Gasteiger partial charge is 0.256 e. The Labute approximate surface area is 126 Å². The lowest BCUT2D eigenvalue weighted by Gasteiger charge is -2.28. The zero-order valence-corrected chi connectivity index (χ0v) is 12.3. The molecule has 0 spiro atoms. The summed E-state index contributed by atoms with van der Waals surface area (Å²) in [7, 11) is 1.97. The molecule has 3 rings (SSSR count). The number of carbonyl (C=O) groups excluding carboxylic acids is 1. The second-order valence-corrected chi connectivity index (χ2v) is 5.76. The summed E-state index contributed by atoms with van der Waals surface area (Å²) in [6.45, 7) is 2.00. The van der Waals surface area contributed by atoms with E-state index in [1.165, 1.54) is 11.3 Å². The molecule has 0 radical (unpaired) electrons. The molecule has 1 unspecified atom stereocenters. The van der Waals surface area contributed by atoms with Crippen LogP contribution in [0.15, 0.2) is 24.8 Å². The molecular weight excluding hydrogens is 290 g/mol. The van der Waals surface area contributed by atoms with Crippen LogP contribution in [-0.2, 0) is 9.53 Å². The Hall–Kier alpha value is -1.90. The molecule has 1 aliphatic heterocycles. The predicted octanol–water partition coefficient (Wildman–Crippen LogP) is 0.869. The van der Waals surface area contributed by atoms with Gasteiger partial charge >= 0.3 is 0 Å². The lowest BCUT2D eigenvalue weighted by Crippen LogP contribution is -2.46. The van der Waals surface area contributed by atoms with Crippen molar-refractivity contribution < 1.29 is 9.53 Å². The number of thiazole rings is 1. The zero-order chi connectivity index (χ0) is 14.7. The predicted molar refractivity (Wildman–Crippen MR) is 79.0 cm³/mol. The molecule has 0 aliphatic carbocycles. The van der Waals surface area contributed by atoms with Crippen LogP contribution < -0.4 is 5.32 Å². The zero-order valence-electron chi connectivity index (χ0n) is 11.5. The highest BCUT2D eigenvalue weighted by atomic mass is 32.1. The van der Waals surface area contributed by atoms with Crippen molar-refractivity contribution in [2.45, 2.75) is 6.10 Å². The van der Waals surface area contributed by atoms with Gasteiger partial charge in [0.15, 0.2) is 5.13 Å². The highest BCUT2D eigenvalue weighted by molar-refractivity contribution is 7.19. The van der Waals surface area contributed by atoms with Gasteiger partial charge in [-0.3, -0.25) is 20.1 Å². The van der Waals surface area contributed by atoms with E-state index in [0.717, 1.165) is 17.1 Å². The van der Waals surface area contributed by atoms with Crippen molar-refractivity contribution in [3.8, 4) is 10.6 Å². The minimum atomic E-state index is -0.451. The number of anilines is 1. The summed E-state index contributed by atoms with van der Waals surface area (Å²) >= 11 is 1.36. The number of aromatic nitrogens is 3. The van der Waals surface area contributed by atoms with Crippen LogP contribution in [0.4, 0.5) is 5.13 Å². The van der Waals surface area contributed by atoms with Gasteiger partial charge < -0.3 is 9.64 Å². The molecule has 8 heteroatoms. The van der Waals surface area contributed by atoms with Crippen LogP contribution in [0.1, 0.15) is 0 Å². The van der Waals surface area contributed by atoms with Crippen LogP contribution in [-0.4, -0.2) is 58.6 Å².